The first-order chi connectivity index (χ1) is 15.2. The Labute approximate surface area is 182 Å². The van der Waals surface area contributed by atoms with E-state index in [0.717, 1.165) is 17.5 Å². The van der Waals surface area contributed by atoms with E-state index in [1.54, 1.807) is 31.5 Å². The molecule has 160 valence electrons. The van der Waals surface area contributed by atoms with E-state index >= 15 is 0 Å². The third kappa shape index (κ3) is 6.34. The van der Waals surface area contributed by atoms with Crippen molar-refractivity contribution in [2.45, 2.75) is 20.0 Å². The number of amides is 1. The summed E-state index contributed by atoms with van der Waals surface area (Å²) in [6.45, 7) is 3.05. The average Bonchev–Trinajstić information content (AvgIpc) is 2.82. The molecule has 6 heteroatoms. The van der Waals surface area contributed by atoms with Gasteiger partial charge in [-0.25, -0.2) is 5.43 Å². The fourth-order valence-electron chi connectivity index (χ4n) is 2.82. The molecule has 1 N–H and O–H groups in total. The third-order valence-corrected chi connectivity index (χ3v) is 4.41. The second-order valence-corrected chi connectivity index (χ2v) is 6.73. The molecule has 3 rings (SSSR count). The van der Waals surface area contributed by atoms with E-state index in [1.807, 2.05) is 61.5 Å². The standard InChI is InChI=1S/C25H26N2O4/c1-3-15-30-23-14-13-20(16-24(23)29-2)25(28)27-26-17-21-11-7-8-12-22(21)31-18-19-9-5-4-6-10-19/h4-14,16-17H,3,15,18H2,1-2H3,(H,27,28)/b26-17+. The zero-order valence-corrected chi connectivity index (χ0v) is 17.7. The van der Waals surface area contributed by atoms with Gasteiger partial charge in [0.1, 0.15) is 12.4 Å². The average molecular weight is 418 g/mol. The largest absolute Gasteiger partial charge is 0.493 e. The normalized spacial score (nSPS) is 10.6. The van der Waals surface area contributed by atoms with Gasteiger partial charge in [0.05, 0.1) is 19.9 Å². The van der Waals surface area contributed by atoms with Gasteiger partial charge in [-0.05, 0) is 42.3 Å². The number of nitrogens with zero attached hydrogens (tertiary/aromatic N) is 1. The summed E-state index contributed by atoms with van der Waals surface area (Å²) in [5.41, 5.74) is 4.80. The SMILES string of the molecule is CCCOc1ccc(C(=O)N/N=C/c2ccccc2OCc2ccccc2)cc1OC. The van der Waals surface area contributed by atoms with E-state index in [0.29, 0.717) is 36.0 Å². The molecule has 0 spiro atoms. The molecule has 3 aromatic carbocycles. The fourth-order valence-corrected chi connectivity index (χ4v) is 2.82. The third-order valence-electron chi connectivity index (χ3n) is 4.41. The van der Waals surface area contributed by atoms with Crippen molar-refractivity contribution < 1.29 is 19.0 Å². The molecule has 31 heavy (non-hydrogen) atoms. The van der Waals surface area contributed by atoms with Crippen molar-refractivity contribution in [1.82, 2.24) is 5.43 Å². The highest BCUT2D eigenvalue weighted by molar-refractivity contribution is 5.95. The van der Waals surface area contributed by atoms with Crippen LogP contribution in [0.3, 0.4) is 0 Å². The number of ether oxygens (including phenoxy) is 3. The van der Waals surface area contributed by atoms with Crippen LogP contribution < -0.4 is 19.6 Å². The van der Waals surface area contributed by atoms with E-state index in [4.69, 9.17) is 14.2 Å². The number of hydrogen-bond donors (Lipinski definition) is 1. The Morgan fingerprint density at radius 3 is 2.48 bits per heavy atom. The lowest BCUT2D eigenvalue weighted by molar-refractivity contribution is 0.0954. The lowest BCUT2D eigenvalue weighted by atomic mass is 10.2. The van der Waals surface area contributed by atoms with Gasteiger partial charge in [0.2, 0.25) is 0 Å². The lowest BCUT2D eigenvalue weighted by Crippen LogP contribution is -2.17. The topological polar surface area (TPSA) is 69.2 Å². The molecule has 0 unspecified atom stereocenters. The molecule has 0 aromatic heterocycles. The highest BCUT2D eigenvalue weighted by Gasteiger charge is 2.11. The zero-order valence-electron chi connectivity index (χ0n) is 17.7. The van der Waals surface area contributed by atoms with Gasteiger partial charge in [0, 0.05) is 11.1 Å². The predicted molar refractivity (Wildman–Crippen MR) is 121 cm³/mol. The van der Waals surface area contributed by atoms with Crippen LogP contribution in [-0.2, 0) is 6.61 Å². The molecule has 0 fully saturated rings. The van der Waals surface area contributed by atoms with Crippen LogP contribution >= 0.6 is 0 Å². The Hall–Kier alpha value is -3.80. The maximum atomic E-state index is 12.5. The van der Waals surface area contributed by atoms with Crippen LogP contribution in [0.15, 0.2) is 77.9 Å². The van der Waals surface area contributed by atoms with E-state index in [9.17, 15) is 4.79 Å². The summed E-state index contributed by atoms with van der Waals surface area (Å²) >= 11 is 0. The molecule has 0 aliphatic rings. The molecule has 0 radical (unpaired) electrons. The van der Waals surface area contributed by atoms with Crippen molar-refractivity contribution in [3.8, 4) is 17.2 Å². The maximum absolute atomic E-state index is 12.5. The number of para-hydroxylation sites is 1. The Bertz CT molecular complexity index is 1020. The van der Waals surface area contributed by atoms with Gasteiger partial charge in [-0.2, -0.15) is 5.10 Å². The van der Waals surface area contributed by atoms with Crippen molar-refractivity contribution in [2.75, 3.05) is 13.7 Å². The summed E-state index contributed by atoms with van der Waals surface area (Å²) in [5.74, 6) is 1.45. The molecule has 0 aliphatic carbocycles. The second-order valence-electron chi connectivity index (χ2n) is 6.73. The molecule has 0 bridgehead atoms. The highest BCUT2D eigenvalue weighted by Crippen LogP contribution is 2.28. The highest BCUT2D eigenvalue weighted by atomic mass is 16.5. The van der Waals surface area contributed by atoms with Gasteiger partial charge in [0.25, 0.3) is 5.91 Å². The first kappa shape index (κ1) is 21.9. The van der Waals surface area contributed by atoms with Crippen molar-refractivity contribution in [2.24, 2.45) is 5.10 Å². The Balaban J connectivity index is 1.63. The number of nitrogens with one attached hydrogen (secondary N) is 1. The number of rotatable bonds is 10. The Kier molecular flexibility index (Phi) is 8.05. The summed E-state index contributed by atoms with van der Waals surface area (Å²) < 4.78 is 16.9. The van der Waals surface area contributed by atoms with Crippen molar-refractivity contribution >= 4 is 12.1 Å². The lowest BCUT2D eigenvalue weighted by Gasteiger charge is -2.11. The Morgan fingerprint density at radius 1 is 0.935 bits per heavy atom. The molecule has 6 nitrogen and oxygen atoms in total. The van der Waals surface area contributed by atoms with E-state index in [2.05, 4.69) is 10.5 Å². The maximum Gasteiger partial charge on any atom is 0.271 e. The molecular weight excluding hydrogens is 392 g/mol. The molecule has 0 aliphatic heterocycles. The summed E-state index contributed by atoms with van der Waals surface area (Å²) in [5, 5.41) is 4.08. The van der Waals surface area contributed by atoms with Gasteiger partial charge in [-0.3, -0.25) is 4.79 Å². The van der Waals surface area contributed by atoms with Crippen molar-refractivity contribution in [3.63, 3.8) is 0 Å². The number of methoxy groups -OCH3 is 1. The first-order valence-electron chi connectivity index (χ1n) is 10.1. The second kappa shape index (κ2) is 11.4. The predicted octanol–water partition coefficient (Wildman–Crippen LogP) is 4.83. The molecule has 0 heterocycles. The smallest absolute Gasteiger partial charge is 0.271 e. The van der Waals surface area contributed by atoms with E-state index in [-0.39, 0.29) is 5.91 Å². The number of benzene rings is 3. The van der Waals surface area contributed by atoms with Crippen LogP contribution in [0, 0.1) is 0 Å². The van der Waals surface area contributed by atoms with Crippen molar-refractivity contribution in [3.05, 3.63) is 89.5 Å². The number of carbonyl (C=O) groups is 1. The van der Waals surface area contributed by atoms with Crippen LogP contribution in [0.25, 0.3) is 0 Å². The minimum Gasteiger partial charge on any atom is -0.493 e. The molecule has 0 atom stereocenters. The van der Waals surface area contributed by atoms with E-state index < -0.39 is 0 Å². The molecule has 3 aromatic rings. The summed E-state index contributed by atoms with van der Waals surface area (Å²) in [7, 11) is 1.54. The fraction of sp³-hybridized carbons (Fsp3) is 0.200. The van der Waals surface area contributed by atoms with Crippen LogP contribution in [0.5, 0.6) is 17.2 Å². The monoisotopic (exact) mass is 418 g/mol. The van der Waals surface area contributed by atoms with Gasteiger partial charge in [-0.1, -0.05) is 49.4 Å². The molecule has 0 saturated carbocycles. The number of hydrogen-bond acceptors (Lipinski definition) is 5. The van der Waals surface area contributed by atoms with Gasteiger partial charge >= 0.3 is 0 Å². The van der Waals surface area contributed by atoms with Crippen LogP contribution in [0.4, 0.5) is 0 Å². The van der Waals surface area contributed by atoms with Crippen molar-refractivity contribution in [1.29, 1.82) is 0 Å². The number of carbonyl (C=O) groups excluding carboxylic acids is 1. The molecular formula is C25H26N2O4. The molecule has 1 amide bonds. The first-order valence-corrected chi connectivity index (χ1v) is 10.1. The van der Waals surface area contributed by atoms with Crippen LogP contribution in [0.1, 0.15) is 34.8 Å². The summed E-state index contributed by atoms with van der Waals surface area (Å²) in [6, 6.07) is 22.5. The summed E-state index contributed by atoms with van der Waals surface area (Å²) in [4.78, 5) is 12.5. The van der Waals surface area contributed by atoms with Crippen LogP contribution in [0.2, 0.25) is 0 Å². The van der Waals surface area contributed by atoms with Gasteiger partial charge in [0.15, 0.2) is 11.5 Å². The Morgan fingerprint density at radius 2 is 1.71 bits per heavy atom. The summed E-state index contributed by atoms with van der Waals surface area (Å²) in [6.07, 6.45) is 2.45. The van der Waals surface area contributed by atoms with Gasteiger partial charge < -0.3 is 14.2 Å². The minimum absolute atomic E-state index is 0.348. The van der Waals surface area contributed by atoms with E-state index in [1.165, 1.54) is 0 Å². The minimum atomic E-state index is -0.348. The quantitative estimate of drug-likeness (QED) is 0.378. The molecule has 0 saturated heterocycles. The number of hydrazone groups is 1. The van der Waals surface area contributed by atoms with Crippen LogP contribution in [-0.4, -0.2) is 25.8 Å². The zero-order chi connectivity index (χ0) is 21.9. The van der Waals surface area contributed by atoms with Gasteiger partial charge in [-0.15, -0.1) is 0 Å².